The summed E-state index contributed by atoms with van der Waals surface area (Å²) in [6, 6.07) is 2.42. The van der Waals surface area contributed by atoms with Crippen molar-refractivity contribution in [3.8, 4) is 5.75 Å². The topological polar surface area (TPSA) is 83.6 Å². The molecule has 0 atom stereocenters. The average molecular weight is 188 g/mol. The summed E-state index contributed by atoms with van der Waals surface area (Å²) in [4.78, 5) is 10.5. The number of halogens is 1. The second-order valence-electron chi connectivity index (χ2n) is 2.20. The Labute approximate surface area is 73.2 Å². The minimum atomic E-state index is -1.26. The fraction of sp³-hybridized carbons (Fsp3) is 0. The highest BCUT2D eigenvalue weighted by Crippen LogP contribution is 2.28. The number of aromatic hydroxyl groups is 1. The molecule has 0 fully saturated rings. The number of anilines is 1. The third-order valence-electron chi connectivity index (χ3n) is 1.33. The lowest BCUT2D eigenvalue weighted by atomic mass is 10.2. The minimum absolute atomic E-state index is 0.0418. The van der Waals surface area contributed by atoms with Gasteiger partial charge >= 0.3 is 5.97 Å². The van der Waals surface area contributed by atoms with Gasteiger partial charge in [-0.05, 0) is 12.1 Å². The van der Waals surface area contributed by atoms with Crippen LogP contribution in [0.5, 0.6) is 5.75 Å². The summed E-state index contributed by atoms with van der Waals surface area (Å²) in [7, 11) is 0. The second-order valence-corrected chi connectivity index (χ2v) is 2.63. The zero-order chi connectivity index (χ0) is 9.30. The molecule has 1 aromatic carbocycles. The number of phenols is 1. The van der Waals surface area contributed by atoms with Crippen LogP contribution in [0.1, 0.15) is 10.4 Å². The Morgan fingerprint density at radius 2 is 2.08 bits per heavy atom. The first-order valence-corrected chi connectivity index (χ1v) is 3.41. The number of rotatable bonds is 1. The summed E-state index contributed by atoms with van der Waals surface area (Å²) in [5.41, 5.74) is 4.93. The SMILES string of the molecule is Nc1cc(Cl)cc(C(=O)O)c1O. The molecule has 0 aliphatic heterocycles. The van der Waals surface area contributed by atoms with Crippen LogP contribution in [0.3, 0.4) is 0 Å². The number of hydrogen-bond acceptors (Lipinski definition) is 3. The predicted octanol–water partition coefficient (Wildman–Crippen LogP) is 1.33. The smallest absolute Gasteiger partial charge is 0.339 e. The number of carbonyl (C=O) groups is 1. The molecular formula is C7H6ClNO3. The van der Waals surface area contributed by atoms with Crippen molar-refractivity contribution in [3.05, 3.63) is 22.7 Å². The lowest BCUT2D eigenvalue weighted by Gasteiger charge is -2.02. The Bertz CT molecular complexity index is 338. The first kappa shape index (κ1) is 8.67. The van der Waals surface area contributed by atoms with Crippen molar-refractivity contribution in [1.82, 2.24) is 0 Å². The molecule has 0 aliphatic carbocycles. The molecule has 64 valence electrons. The summed E-state index contributed by atoms with van der Waals surface area (Å²) in [5.74, 6) is -1.71. The fourth-order valence-corrected chi connectivity index (χ4v) is 1.01. The molecule has 1 rings (SSSR count). The number of nitrogen functional groups attached to an aromatic ring is 1. The molecule has 12 heavy (non-hydrogen) atoms. The third kappa shape index (κ3) is 1.43. The zero-order valence-corrected chi connectivity index (χ0v) is 6.67. The van der Waals surface area contributed by atoms with Gasteiger partial charge in [-0.1, -0.05) is 11.6 Å². The molecule has 0 heterocycles. The standard InChI is InChI=1S/C7H6ClNO3/c8-3-1-4(7(11)12)6(10)5(9)2-3/h1-2,10H,9H2,(H,11,12). The maximum atomic E-state index is 10.5. The van der Waals surface area contributed by atoms with Gasteiger partial charge in [-0.3, -0.25) is 0 Å². The van der Waals surface area contributed by atoms with Crippen molar-refractivity contribution in [3.63, 3.8) is 0 Å². The maximum Gasteiger partial charge on any atom is 0.339 e. The molecular weight excluding hydrogens is 182 g/mol. The maximum absolute atomic E-state index is 10.5. The molecule has 0 unspecified atom stereocenters. The van der Waals surface area contributed by atoms with E-state index in [2.05, 4.69) is 0 Å². The molecule has 4 nitrogen and oxygen atoms in total. The quantitative estimate of drug-likeness (QED) is 0.458. The lowest BCUT2D eigenvalue weighted by molar-refractivity contribution is 0.0694. The Morgan fingerprint density at radius 1 is 1.50 bits per heavy atom. The Balaban J connectivity index is 3.37. The van der Waals surface area contributed by atoms with Crippen molar-refractivity contribution < 1.29 is 15.0 Å². The van der Waals surface area contributed by atoms with E-state index in [1.807, 2.05) is 0 Å². The molecule has 0 radical (unpaired) electrons. The van der Waals surface area contributed by atoms with Gasteiger partial charge < -0.3 is 15.9 Å². The Hall–Kier alpha value is -1.42. The molecule has 0 aliphatic rings. The normalized spacial score (nSPS) is 9.75. The summed E-state index contributed by atoms with van der Waals surface area (Å²) in [6.07, 6.45) is 0. The van der Waals surface area contributed by atoms with E-state index >= 15 is 0 Å². The molecule has 0 bridgehead atoms. The third-order valence-corrected chi connectivity index (χ3v) is 1.55. The monoisotopic (exact) mass is 187 g/mol. The van der Waals surface area contributed by atoms with Gasteiger partial charge in [0.25, 0.3) is 0 Å². The molecule has 0 aromatic heterocycles. The van der Waals surface area contributed by atoms with Crippen molar-refractivity contribution >= 4 is 23.3 Å². The molecule has 0 saturated carbocycles. The van der Waals surface area contributed by atoms with Crippen LogP contribution < -0.4 is 5.73 Å². The summed E-state index contributed by atoms with van der Waals surface area (Å²) in [5, 5.41) is 17.9. The molecule has 0 saturated heterocycles. The van der Waals surface area contributed by atoms with Crippen molar-refractivity contribution in [2.45, 2.75) is 0 Å². The van der Waals surface area contributed by atoms with Gasteiger partial charge in [0.15, 0.2) is 5.75 Å². The van der Waals surface area contributed by atoms with Crippen LogP contribution in [0, 0.1) is 0 Å². The number of hydrogen-bond donors (Lipinski definition) is 3. The van der Waals surface area contributed by atoms with E-state index in [0.29, 0.717) is 0 Å². The van der Waals surface area contributed by atoms with Crippen LogP contribution in [0.2, 0.25) is 5.02 Å². The minimum Gasteiger partial charge on any atom is -0.505 e. The van der Waals surface area contributed by atoms with E-state index < -0.39 is 11.7 Å². The van der Waals surface area contributed by atoms with Gasteiger partial charge in [0, 0.05) is 5.02 Å². The van der Waals surface area contributed by atoms with Gasteiger partial charge in [0.1, 0.15) is 5.56 Å². The Kier molecular flexibility index (Phi) is 2.10. The van der Waals surface area contributed by atoms with Crippen LogP contribution in [-0.4, -0.2) is 16.2 Å². The van der Waals surface area contributed by atoms with E-state index in [0.717, 1.165) is 6.07 Å². The number of aromatic carboxylic acids is 1. The number of benzene rings is 1. The zero-order valence-electron chi connectivity index (χ0n) is 5.91. The van der Waals surface area contributed by atoms with Gasteiger partial charge in [0.2, 0.25) is 0 Å². The van der Waals surface area contributed by atoms with Gasteiger partial charge in [-0.25, -0.2) is 4.79 Å². The van der Waals surface area contributed by atoms with Crippen LogP contribution in [-0.2, 0) is 0 Å². The molecule has 0 spiro atoms. The first-order chi connectivity index (χ1) is 5.52. The van der Waals surface area contributed by atoms with Gasteiger partial charge in [-0.2, -0.15) is 0 Å². The van der Waals surface area contributed by atoms with Crippen LogP contribution >= 0.6 is 11.6 Å². The van der Waals surface area contributed by atoms with E-state index in [-0.39, 0.29) is 16.3 Å². The highest BCUT2D eigenvalue weighted by atomic mass is 35.5. The molecule has 5 heteroatoms. The summed E-state index contributed by atoms with van der Waals surface area (Å²) >= 11 is 5.51. The van der Waals surface area contributed by atoms with Crippen molar-refractivity contribution in [2.75, 3.05) is 5.73 Å². The van der Waals surface area contributed by atoms with E-state index in [1.165, 1.54) is 6.07 Å². The summed E-state index contributed by atoms with van der Waals surface area (Å²) in [6.45, 7) is 0. The molecule has 1 aromatic rings. The highest BCUT2D eigenvalue weighted by Gasteiger charge is 2.12. The van der Waals surface area contributed by atoms with Crippen LogP contribution in [0.15, 0.2) is 12.1 Å². The van der Waals surface area contributed by atoms with Crippen LogP contribution in [0.25, 0.3) is 0 Å². The van der Waals surface area contributed by atoms with Crippen molar-refractivity contribution in [1.29, 1.82) is 0 Å². The van der Waals surface area contributed by atoms with Crippen molar-refractivity contribution in [2.24, 2.45) is 0 Å². The average Bonchev–Trinajstić information content (AvgIpc) is 1.96. The Morgan fingerprint density at radius 3 is 2.58 bits per heavy atom. The predicted molar refractivity (Wildman–Crippen MR) is 44.5 cm³/mol. The second kappa shape index (κ2) is 2.91. The van der Waals surface area contributed by atoms with Crippen LogP contribution in [0.4, 0.5) is 5.69 Å². The van der Waals surface area contributed by atoms with E-state index in [4.69, 9.17) is 27.5 Å². The molecule has 4 N–H and O–H groups in total. The number of nitrogens with two attached hydrogens (primary N) is 1. The fourth-order valence-electron chi connectivity index (χ4n) is 0.783. The number of carboxylic acid groups (broad SMARTS) is 1. The molecule has 0 amide bonds. The van der Waals surface area contributed by atoms with E-state index in [1.54, 1.807) is 0 Å². The van der Waals surface area contributed by atoms with Gasteiger partial charge in [-0.15, -0.1) is 0 Å². The number of carboxylic acids is 1. The van der Waals surface area contributed by atoms with Gasteiger partial charge in [0.05, 0.1) is 5.69 Å². The summed E-state index contributed by atoms with van der Waals surface area (Å²) < 4.78 is 0. The van der Waals surface area contributed by atoms with E-state index in [9.17, 15) is 4.79 Å². The lowest BCUT2D eigenvalue weighted by Crippen LogP contribution is -1.99. The highest BCUT2D eigenvalue weighted by molar-refractivity contribution is 6.31. The first-order valence-electron chi connectivity index (χ1n) is 3.03. The largest absolute Gasteiger partial charge is 0.505 e.